The van der Waals surface area contributed by atoms with E-state index in [2.05, 4.69) is 21.2 Å². The maximum atomic E-state index is 13.1. The molecular formula is C14H18BrF2N. The van der Waals surface area contributed by atoms with Crippen LogP contribution >= 0.6 is 15.9 Å². The Kier molecular flexibility index (Phi) is 3.95. The summed E-state index contributed by atoms with van der Waals surface area (Å²) >= 11 is 3.45. The topological polar surface area (TPSA) is 12.0 Å². The lowest BCUT2D eigenvalue weighted by Gasteiger charge is -2.17. The first kappa shape index (κ1) is 13.8. The molecular weight excluding hydrogens is 300 g/mol. The van der Waals surface area contributed by atoms with Crippen molar-refractivity contribution in [1.82, 2.24) is 0 Å². The number of hydrogen-bond acceptors (Lipinski definition) is 1. The lowest BCUT2D eigenvalue weighted by atomic mass is 10.1. The molecule has 0 aliphatic heterocycles. The Morgan fingerprint density at radius 1 is 1.33 bits per heavy atom. The van der Waals surface area contributed by atoms with Crippen molar-refractivity contribution < 1.29 is 8.78 Å². The molecule has 18 heavy (non-hydrogen) atoms. The van der Waals surface area contributed by atoms with Gasteiger partial charge in [0.15, 0.2) is 0 Å². The number of benzene rings is 1. The van der Waals surface area contributed by atoms with Gasteiger partial charge in [-0.3, -0.25) is 0 Å². The molecule has 1 saturated carbocycles. The van der Waals surface area contributed by atoms with Gasteiger partial charge >= 0.3 is 0 Å². The molecule has 0 spiro atoms. The van der Waals surface area contributed by atoms with Gasteiger partial charge in [-0.1, -0.05) is 15.9 Å². The van der Waals surface area contributed by atoms with Gasteiger partial charge in [-0.2, -0.15) is 0 Å². The van der Waals surface area contributed by atoms with Gasteiger partial charge in [0.2, 0.25) is 5.92 Å². The fourth-order valence-electron chi connectivity index (χ4n) is 2.65. The van der Waals surface area contributed by atoms with E-state index in [1.54, 1.807) is 0 Å². The Balaban J connectivity index is 1.99. The molecule has 0 aromatic heterocycles. The van der Waals surface area contributed by atoms with Crippen molar-refractivity contribution in [3.05, 3.63) is 27.7 Å². The Hall–Kier alpha value is -0.640. The smallest absolute Gasteiger partial charge is 0.248 e. The average molecular weight is 318 g/mol. The van der Waals surface area contributed by atoms with Crippen LogP contribution in [0.25, 0.3) is 0 Å². The number of nitrogens with one attached hydrogen (secondary N) is 1. The van der Waals surface area contributed by atoms with Crippen LogP contribution in [0.1, 0.15) is 30.4 Å². The predicted molar refractivity (Wildman–Crippen MR) is 74.4 cm³/mol. The first-order valence-corrected chi connectivity index (χ1v) is 7.05. The SMILES string of the molecule is Cc1cc(Br)cc(C)c1NCC1CCC(F)(F)C1. The fourth-order valence-corrected chi connectivity index (χ4v) is 3.34. The summed E-state index contributed by atoms with van der Waals surface area (Å²) in [7, 11) is 0. The Morgan fingerprint density at radius 2 is 1.94 bits per heavy atom. The Bertz CT molecular complexity index is 422. The van der Waals surface area contributed by atoms with Gasteiger partial charge < -0.3 is 5.32 Å². The highest BCUT2D eigenvalue weighted by Gasteiger charge is 2.39. The molecule has 0 radical (unpaired) electrons. The van der Waals surface area contributed by atoms with E-state index in [-0.39, 0.29) is 18.8 Å². The molecule has 1 atom stereocenters. The van der Waals surface area contributed by atoms with Crippen molar-refractivity contribution in [2.75, 3.05) is 11.9 Å². The van der Waals surface area contributed by atoms with Gasteiger partial charge in [0.1, 0.15) is 0 Å². The number of hydrogen-bond donors (Lipinski definition) is 1. The standard InChI is InChI=1S/C14H18BrF2N/c1-9-5-12(15)6-10(2)13(9)18-8-11-3-4-14(16,17)7-11/h5-6,11,18H,3-4,7-8H2,1-2H3. The van der Waals surface area contributed by atoms with E-state index in [1.807, 2.05) is 26.0 Å². The largest absolute Gasteiger partial charge is 0.384 e. The minimum absolute atomic E-state index is 0.0224. The minimum Gasteiger partial charge on any atom is -0.384 e. The molecule has 1 aromatic carbocycles. The summed E-state index contributed by atoms with van der Waals surface area (Å²) in [6, 6.07) is 4.08. The third-order valence-corrected chi connectivity index (χ3v) is 4.03. The molecule has 1 aliphatic carbocycles. The van der Waals surface area contributed by atoms with Crippen LogP contribution in [0.4, 0.5) is 14.5 Å². The van der Waals surface area contributed by atoms with Gasteiger partial charge in [-0.15, -0.1) is 0 Å². The van der Waals surface area contributed by atoms with Gasteiger partial charge in [-0.25, -0.2) is 8.78 Å². The van der Waals surface area contributed by atoms with Crippen molar-refractivity contribution in [3.8, 4) is 0 Å². The lowest BCUT2D eigenvalue weighted by molar-refractivity contribution is 0.00556. The van der Waals surface area contributed by atoms with Crippen LogP contribution in [0.2, 0.25) is 0 Å². The molecule has 100 valence electrons. The van der Waals surface area contributed by atoms with E-state index in [0.717, 1.165) is 21.3 Å². The molecule has 4 heteroatoms. The van der Waals surface area contributed by atoms with E-state index >= 15 is 0 Å². The summed E-state index contributed by atoms with van der Waals surface area (Å²) in [6.45, 7) is 4.70. The fraction of sp³-hybridized carbons (Fsp3) is 0.571. The zero-order valence-corrected chi connectivity index (χ0v) is 12.3. The second-order valence-electron chi connectivity index (χ2n) is 5.26. The quantitative estimate of drug-likeness (QED) is 0.835. The molecule has 1 aliphatic rings. The van der Waals surface area contributed by atoms with Gasteiger partial charge in [-0.05, 0) is 49.4 Å². The number of anilines is 1. The van der Waals surface area contributed by atoms with Crippen LogP contribution < -0.4 is 5.32 Å². The van der Waals surface area contributed by atoms with E-state index < -0.39 is 5.92 Å². The van der Waals surface area contributed by atoms with E-state index in [1.165, 1.54) is 0 Å². The second kappa shape index (κ2) is 5.16. The highest BCUT2D eigenvalue weighted by molar-refractivity contribution is 9.10. The van der Waals surface area contributed by atoms with Crippen molar-refractivity contribution in [2.45, 2.75) is 39.0 Å². The molecule has 1 unspecified atom stereocenters. The Labute approximate surface area is 115 Å². The summed E-state index contributed by atoms with van der Waals surface area (Å²) in [6.07, 6.45) is 0.681. The molecule has 0 saturated heterocycles. The summed E-state index contributed by atoms with van der Waals surface area (Å²) < 4.78 is 27.2. The number of halogens is 3. The first-order chi connectivity index (χ1) is 8.37. The summed E-state index contributed by atoms with van der Waals surface area (Å²) in [4.78, 5) is 0. The predicted octanol–water partition coefficient (Wildman–Crippen LogP) is 4.91. The van der Waals surface area contributed by atoms with Gasteiger partial charge in [0.05, 0.1) is 0 Å². The Morgan fingerprint density at radius 3 is 2.44 bits per heavy atom. The van der Waals surface area contributed by atoms with E-state index in [9.17, 15) is 8.78 Å². The summed E-state index contributed by atoms with van der Waals surface area (Å²) in [5.74, 6) is -2.36. The first-order valence-electron chi connectivity index (χ1n) is 6.26. The molecule has 0 amide bonds. The number of rotatable bonds is 3. The molecule has 0 bridgehead atoms. The zero-order valence-electron chi connectivity index (χ0n) is 10.7. The molecule has 2 rings (SSSR count). The van der Waals surface area contributed by atoms with E-state index in [4.69, 9.17) is 0 Å². The van der Waals surface area contributed by atoms with Crippen molar-refractivity contribution >= 4 is 21.6 Å². The zero-order chi connectivity index (χ0) is 13.3. The van der Waals surface area contributed by atoms with Crippen LogP contribution in [0.3, 0.4) is 0 Å². The van der Waals surface area contributed by atoms with Gasteiger partial charge in [0.25, 0.3) is 0 Å². The summed E-state index contributed by atoms with van der Waals surface area (Å²) in [5.41, 5.74) is 3.37. The molecule has 1 nitrogen and oxygen atoms in total. The maximum Gasteiger partial charge on any atom is 0.248 e. The van der Waals surface area contributed by atoms with E-state index in [0.29, 0.717) is 13.0 Å². The van der Waals surface area contributed by atoms with Crippen molar-refractivity contribution in [2.24, 2.45) is 5.92 Å². The molecule has 1 N–H and O–H groups in total. The van der Waals surface area contributed by atoms with Crippen LogP contribution in [0.5, 0.6) is 0 Å². The molecule has 1 aromatic rings. The monoisotopic (exact) mass is 317 g/mol. The van der Waals surface area contributed by atoms with Crippen molar-refractivity contribution in [3.63, 3.8) is 0 Å². The third-order valence-electron chi connectivity index (χ3n) is 3.57. The van der Waals surface area contributed by atoms with Crippen molar-refractivity contribution in [1.29, 1.82) is 0 Å². The van der Waals surface area contributed by atoms with Crippen LogP contribution in [0.15, 0.2) is 16.6 Å². The van der Waals surface area contributed by atoms with Crippen LogP contribution in [-0.2, 0) is 0 Å². The normalized spacial score (nSPS) is 22.2. The lowest BCUT2D eigenvalue weighted by Crippen LogP contribution is -2.16. The van der Waals surface area contributed by atoms with Gasteiger partial charge in [0, 0.05) is 29.5 Å². The number of aryl methyl sites for hydroxylation is 2. The highest BCUT2D eigenvalue weighted by atomic mass is 79.9. The van der Waals surface area contributed by atoms with Crippen LogP contribution in [-0.4, -0.2) is 12.5 Å². The maximum absolute atomic E-state index is 13.1. The molecule has 1 fully saturated rings. The molecule has 0 heterocycles. The number of alkyl halides is 2. The third kappa shape index (κ3) is 3.22. The second-order valence-corrected chi connectivity index (χ2v) is 6.18. The van der Waals surface area contributed by atoms with Crippen LogP contribution in [0, 0.1) is 19.8 Å². The highest BCUT2D eigenvalue weighted by Crippen LogP contribution is 2.39. The minimum atomic E-state index is -2.45. The summed E-state index contributed by atoms with van der Waals surface area (Å²) in [5, 5.41) is 3.33. The average Bonchev–Trinajstić information content (AvgIpc) is 2.56.